The van der Waals surface area contributed by atoms with Gasteiger partial charge in [-0.1, -0.05) is 32.6 Å². The number of carboxylic acids is 1. The summed E-state index contributed by atoms with van der Waals surface area (Å²) in [6.45, 7) is 4.06. The number of hydrogen-bond acceptors (Lipinski definition) is 2. The maximum absolute atomic E-state index is 12.2. The van der Waals surface area contributed by atoms with Gasteiger partial charge in [0.25, 0.3) is 0 Å². The summed E-state index contributed by atoms with van der Waals surface area (Å²) in [4.78, 5) is 25.3. The average molecular weight is 270 g/mol. The predicted octanol–water partition coefficient (Wildman–Crippen LogP) is 2.60. The second-order valence-electron chi connectivity index (χ2n) is 5.63. The number of nitrogens with zero attached hydrogens (tertiary/aromatic N) is 1. The third-order valence-electron chi connectivity index (χ3n) is 4.15. The van der Waals surface area contributed by atoms with E-state index in [1.807, 2.05) is 6.92 Å². The second kappa shape index (κ2) is 6.78. The Morgan fingerprint density at radius 1 is 1.32 bits per heavy atom. The molecule has 0 aliphatic heterocycles. The quantitative estimate of drug-likeness (QED) is 0.806. The van der Waals surface area contributed by atoms with Gasteiger partial charge in [-0.2, -0.15) is 0 Å². The molecule has 2 N–H and O–H groups in total. The maximum Gasteiger partial charge on any atom is 0.329 e. The Hall–Kier alpha value is -1.26. The zero-order valence-electron chi connectivity index (χ0n) is 12.2. The van der Waals surface area contributed by atoms with Crippen LogP contribution in [0.1, 0.15) is 58.8 Å². The highest BCUT2D eigenvalue weighted by atomic mass is 16.4. The minimum absolute atomic E-state index is 0.124. The lowest BCUT2D eigenvalue weighted by molar-refractivity contribution is -0.146. The molecule has 19 heavy (non-hydrogen) atoms. The lowest BCUT2D eigenvalue weighted by atomic mass is 9.82. The summed E-state index contributed by atoms with van der Waals surface area (Å²) < 4.78 is 0. The lowest BCUT2D eigenvalue weighted by Crippen LogP contribution is -2.59. The summed E-state index contributed by atoms with van der Waals surface area (Å²) in [7, 11) is 1.73. The third kappa shape index (κ3) is 3.85. The fourth-order valence-electron chi connectivity index (χ4n) is 2.65. The van der Waals surface area contributed by atoms with Gasteiger partial charge in [-0.25, -0.2) is 9.59 Å². The van der Waals surface area contributed by atoms with Crippen LogP contribution in [0.3, 0.4) is 0 Å². The molecule has 0 saturated heterocycles. The van der Waals surface area contributed by atoms with Crippen molar-refractivity contribution in [2.45, 2.75) is 70.4 Å². The van der Waals surface area contributed by atoms with Crippen LogP contribution in [-0.2, 0) is 4.79 Å². The van der Waals surface area contributed by atoms with Crippen molar-refractivity contribution in [3.8, 4) is 0 Å². The van der Waals surface area contributed by atoms with Crippen molar-refractivity contribution in [1.29, 1.82) is 0 Å². The molecule has 1 aliphatic carbocycles. The Morgan fingerprint density at radius 2 is 1.89 bits per heavy atom. The number of carboxylic acid groups (broad SMARTS) is 1. The van der Waals surface area contributed by atoms with Crippen molar-refractivity contribution < 1.29 is 14.7 Å². The van der Waals surface area contributed by atoms with Crippen LogP contribution in [0.2, 0.25) is 0 Å². The number of carbonyl (C=O) groups is 2. The molecule has 1 fully saturated rings. The van der Waals surface area contributed by atoms with E-state index in [9.17, 15) is 14.7 Å². The topological polar surface area (TPSA) is 69.6 Å². The van der Waals surface area contributed by atoms with Crippen molar-refractivity contribution >= 4 is 12.0 Å². The van der Waals surface area contributed by atoms with E-state index in [1.165, 1.54) is 0 Å². The molecule has 2 amide bonds. The second-order valence-corrected chi connectivity index (χ2v) is 5.63. The molecule has 110 valence electrons. The number of hydrogen-bond donors (Lipinski definition) is 2. The molecular weight excluding hydrogens is 244 g/mol. The lowest BCUT2D eigenvalue weighted by Gasteiger charge is -2.36. The standard InChI is InChI=1S/C14H26N2O3/c1-4-8-11(2)16(3)13(19)15-14(12(17)18)9-6-5-7-10-14/h11H,4-10H2,1-3H3,(H,15,19)(H,17,18). The van der Waals surface area contributed by atoms with Crippen LogP contribution in [0.15, 0.2) is 0 Å². The molecule has 1 saturated carbocycles. The van der Waals surface area contributed by atoms with E-state index in [1.54, 1.807) is 11.9 Å². The molecule has 0 radical (unpaired) electrons. The van der Waals surface area contributed by atoms with Gasteiger partial charge in [0.05, 0.1) is 0 Å². The summed E-state index contributed by atoms with van der Waals surface area (Å²) in [5.74, 6) is -0.905. The average Bonchev–Trinajstić information content (AvgIpc) is 2.39. The van der Waals surface area contributed by atoms with E-state index in [2.05, 4.69) is 12.2 Å². The number of rotatable bonds is 5. The van der Waals surface area contributed by atoms with Gasteiger partial charge < -0.3 is 15.3 Å². The third-order valence-corrected chi connectivity index (χ3v) is 4.15. The molecule has 5 heteroatoms. The largest absolute Gasteiger partial charge is 0.480 e. The summed E-state index contributed by atoms with van der Waals surface area (Å²) in [5, 5.41) is 12.2. The molecular formula is C14H26N2O3. The highest BCUT2D eigenvalue weighted by molar-refractivity contribution is 5.86. The zero-order valence-corrected chi connectivity index (χ0v) is 12.2. The Morgan fingerprint density at radius 3 is 2.37 bits per heavy atom. The van der Waals surface area contributed by atoms with Gasteiger partial charge in [0.2, 0.25) is 0 Å². The van der Waals surface area contributed by atoms with Crippen molar-refractivity contribution in [3.05, 3.63) is 0 Å². The first-order valence-corrected chi connectivity index (χ1v) is 7.21. The molecule has 5 nitrogen and oxygen atoms in total. The first kappa shape index (κ1) is 15.8. The van der Waals surface area contributed by atoms with Crippen LogP contribution >= 0.6 is 0 Å². The molecule has 0 aromatic carbocycles. The first-order chi connectivity index (χ1) is 8.93. The van der Waals surface area contributed by atoms with E-state index < -0.39 is 11.5 Å². The van der Waals surface area contributed by atoms with E-state index >= 15 is 0 Å². The molecule has 1 atom stereocenters. The first-order valence-electron chi connectivity index (χ1n) is 7.21. The van der Waals surface area contributed by atoms with Gasteiger partial charge in [-0.15, -0.1) is 0 Å². The predicted molar refractivity (Wildman–Crippen MR) is 74.1 cm³/mol. The number of aliphatic carboxylic acids is 1. The molecule has 0 spiro atoms. The van der Waals surface area contributed by atoms with E-state index in [0.29, 0.717) is 12.8 Å². The Kier molecular flexibility index (Phi) is 5.63. The van der Waals surface area contributed by atoms with Gasteiger partial charge >= 0.3 is 12.0 Å². The van der Waals surface area contributed by atoms with Gasteiger partial charge in [-0.05, 0) is 26.2 Å². The van der Waals surface area contributed by atoms with Crippen LogP contribution in [0.25, 0.3) is 0 Å². The molecule has 0 aromatic heterocycles. The number of urea groups is 1. The SMILES string of the molecule is CCCC(C)N(C)C(=O)NC1(C(=O)O)CCCCC1. The molecule has 0 bridgehead atoms. The van der Waals surface area contributed by atoms with Crippen molar-refractivity contribution in [2.75, 3.05) is 7.05 Å². The molecule has 1 unspecified atom stereocenters. The van der Waals surface area contributed by atoms with E-state index in [4.69, 9.17) is 0 Å². The van der Waals surface area contributed by atoms with E-state index in [0.717, 1.165) is 32.1 Å². The molecule has 0 aromatic rings. The van der Waals surface area contributed by atoms with Crippen molar-refractivity contribution in [1.82, 2.24) is 10.2 Å². The van der Waals surface area contributed by atoms with E-state index in [-0.39, 0.29) is 12.1 Å². The summed E-state index contributed by atoms with van der Waals surface area (Å²) >= 11 is 0. The Balaban J connectivity index is 2.69. The minimum Gasteiger partial charge on any atom is -0.480 e. The number of amides is 2. The van der Waals surface area contributed by atoms with Crippen molar-refractivity contribution in [3.63, 3.8) is 0 Å². The Bertz CT molecular complexity index is 325. The molecule has 0 heterocycles. The fourth-order valence-corrected chi connectivity index (χ4v) is 2.65. The van der Waals surface area contributed by atoms with Gasteiger partial charge in [-0.3, -0.25) is 0 Å². The van der Waals surface area contributed by atoms with Gasteiger partial charge in [0.15, 0.2) is 0 Å². The molecule has 1 aliphatic rings. The van der Waals surface area contributed by atoms with Gasteiger partial charge in [0.1, 0.15) is 5.54 Å². The fraction of sp³-hybridized carbons (Fsp3) is 0.857. The van der Waals surface area contributed by atoms with Crippen LogP contribution in [0.5, 0.6) is 0 Å². The highest BCUT2D eigenvalue weighted by Gasteiger charge is 2.41. The smallest absolute Gasteiger partial charge is 0.329 e. The van der Waals surface area contributed by atoms with Crippen LogP contribution in [0.4, 0.5) is 4.79 Å². The van der Waals surface area contributed by atoms with Crippen molar-refractivity contribution in [2.24, 2.45) is 0 Å². The van der Waals surface area contributed by atoms with Crippen LogP contribution in [-0.4, -0.2) is 40.6 Å². The number of carbonyl (C=O) groups excluding carboxylic acids is 1. The normalized spacial score (nSPS) is 19.5. The van der Waals surface area contributed by atoms with Crippen LogP contribution < -0.4 is 5.32 Å². The number of nitrogens with one attached hydrogen (secondary N) is 1. The summed E-state index contributed by atoms with van der Waals surface area (Å²) in [5.41, 5.74) is -1.06. The van der Waals surface area contributed by atoms with Gasteiger partial charge in [0, 0.05) is 13.1 Å². The monoisotopic (exact) mass is 270 g/mol. The highest BCUT2D eigenvalue weighted by Crippen LogP contribution is 2.28. The molecule has 1 rings (SSSR count). The Labute approximate surface area is 115 Å². The summed E-state index contributed by atoms with van der Waals surface area (Å²) in [6.07, 6.45) is 5.76. The summed E-state index contributed by atoms with van der Waals surface area (Å²) in [6, 6.07) is -0.148. The van der Waals surface area contributed by atoms with Crippen LogP contribution in [0, 0.1) is 0 Å². The maximum atomic E-state index is 12.2. The minimum atomic E-state index is -1.06. The zero-order chi connectivity index (χ0) is 14.5.